The fourth-order valence-corrected chi connectivity index (χ4v) is 5.27. The number of aryl methyl sites for hydroxylation is 2. The molecule has 3 rings (SSSR count). The van der Waals surface area contributed by atoms with Crippen molar-refractivity contribution in [2.75, 3.05) is 0 Å². The van der Waals surface area contributed by atoms with Crippen LogP contribution in [0.1, 0.15) is 32.0 Å². The van der Waals surface area contributed by atoms with Gasteiger partial charge in [-0.15, -0.1) is 11.3 Å². The third-order valence-electron chi connectivity index (χ3n) is 3.81. The van der Waals surface area contributed by atoms with Gasteiger partial charge < -0.3 is 0 Å². The molecule has 3 aromatic rings. The molecule has 1 heterocycles. The Kier molecular flexibility index (Phi) is 5.03. The molecule has 4 heteroatoms. The lowest BCUT2D eigenvalue weighted by Crippen LogP contribution is -2.10. The fraction of sp³-hybridized carbons (Fsp3) is 0.211. The molecule has 0 aliphatic rings. The van der Waals surface area contributed by atoms with Gasteiger partial charge in [-0.25, -0.2) is 4.98 Å². The average molecular weight is 342 g/mol. The van der Waals surface area contributed by atoms with Crippen molar-refractivity contribution in [3.05, 3.63) is 87.4 Å². The third-order valence-corrected chi connectivity index (χ3v) is 6.69. The molecule has 0 spiro atoms. The molecule has 0 fully saturated rings. The Morgan fingerprint density at radius 1 is 0.957 bits per heavy atom. The molecule has 0 N–H and O–H groups in total. The lowest BCUT2D eigenvalue weighted by Gasteiger charge is -2.17. The van der Waals surface area contributed by atoms with Gasteiger partial charge in [-0.3, -0.25) is 4.21 Å². The summed E-state index contributed by atoms with van der Waals surface area (Å²) in [4.78, 5) is 5.75. The maximum atomic E-state index is 13.1. The molecule has 0 radical (unpaired) electrons. The van der Waals surface area contributed by atoms with Gasteiger partial charge in [-0.2, -0.15) is 0 Å². The minimum atomic E-state index is -1.06. The summed E-state index contributed by atoms with van der Waals surface area (Å²) >= 11 is 1.65. The largest absolute Gasteiger partial charge is 0.258 e. The molecule has 0 saturated heterocycles. The maximum absolute atomic E-state index is 13.1. The quantitative estimate of drug-likeness (QED) is 0.667. The molecule has 1 aromatic heterocycles. The van der Waals surface area contributed by atoms with Crippen molar-refractivity contribution in [1.82, 2.24) is 4.98 Å². The Morgan fingerprint density at radius 2 is 1.48 bits per heavy atom. The first-order chi connectivity index (χ1) is 11.1. The van der Waals surface area contributed by atoms with Gasteiger partial charge in [0.15, 0.2) is 0 Å². The van der Waals surface area contributed by atoms with E-state index in [9.17, 15) is 4.21 Å². The summed E-state index contributed by atoms with van der Waals surface area (Å²) in [6.45, 7) is 4.06. The van der Waals surface area contributed by atoms with E-state index in [1.54, 1.807) is 11.3 Å². The van der Waals surface area contributed by atoms with Crippen LogP contribution < -0.4 is 0 Å². The van der Waals surface area contributed by atoms with Gasteiger partial charge in [0, 0.05) is 15.7 Å². The Labute approximate surface area is 143 Å². The molecular formula is C19H19NOS2. The molecule has 2 nitrogen and oxygen atoms in total. The highest BCUT2D eigenvalue weighted by molar-refractivity contribution is 7.84. The minimum Gasteiger partial charge on any atom is -0.258 e. The Balaban J connectivity index is 1.93. The van der Waals surface area contributed by atoms with Crippen LogP contribution in [-0.4, -0.2) is 9.19 Å². The summed E-state index contributed by atoms with van der Waals surface area (Å²) in [6, 6.07) is 20.2. The van der Waals surface area contributed by atoms with E-state index in [1.807, 2.05) is 67.6 Å². The number of hydrogen-bond acceptors (Lipinski definition) is 3. The van der Waals surface area contributed by atoms with Crippen LogP contribution in [0.5, 0.6) is 0 Å². The van der Waals surface area contributed by atoms with Crippen LogP contribution in [0.2, 0.25) is 0 Å². The van der Waals surface area contributed by atoms with Crippen molar-refractivity contribution in [3.63, 3.8) is 0 Å². The van der Waals surface area contributed by atoms with Crippen LogP contribution >= 0.6 is 11.3 Å². The number of thiazole rings is 1. The van der Waals surface area contributed by atoms with Crippen molar-refractivity contribution < 1.29 is 4.21 Å². The van der Waals surface area contributed by atoms with E-state index in [-0.39, 0.29) is 5.25 Å². The molecule has 0 bridgehead atoms. The molecule has 0 saturated carbocycles. The van der Waals surface area contributed by atoms with Crippen LogP contribution in [0.15, 0.2) is 60.7 Å². The predicted octanol–water partition coefficient (Wildman–Crippen LogP) is 4.80. The monoisotopic (exact) mass is 341 g/mol. The molecule has 0 aliphatic carbocycles. The zero-order valence-electron chi connectivity index (χ0n) is 13.2. The first-order valence-electron chi connectivity index (χ1n) is 7.55. The summed E-state index contributed by atoms with van der Waals surface area (Å²) in [5.74, 6) is 0.494. The summed E-state index contributed by atoms with van der Waals surface area (Å²) in [7, 11) is -1.06. The summed E-state index contributed by atoms with van der Waals surface area (Å²) in [5, 5.41) is 0.831. The van der Waals surface area contributed by atoms with Gasteiger partial charge in [-0.1, -0.05) is 60.7 Å². The Morgan fingerprint density at radius 3 is 1.91 bits per heavy atom. The Bertz CT molecular complexity index is 738. The van der Waals surface area contributed by atoms with Crippen LogP contribution in [0, 0.1) is 13.8 Å². The minimum absolute atomic E-state index is 0.123. The van der Waals surface area contributed by atoms with Crippen LogP contribution in [0.4, 0.5) is 0 Å². The molecule has 0 amide bonds. The smallest absolute Gasteiger partial charge is 0.106 e. The summed E-state index contributed by atoms with van der Waals surface area (Å²) in [5.41, 5.74) is 3.21. The number of nitrogens with zero attached hydrogens (tertiary/aromatic N) is 1. The standard InChI is InChI=1S/C19H19NOS2/c1-14-15(2)22-18(20-14)13-23(21)19(16-9-5-3-6-10-16)17-11-7-4-8-12-17/h3-12,19H,13H2,1-2H3. The predicted molar refractivity (Wildman–Crippen MR) is 98.2 cm³/mol. The van der Waals surface area contributed by atoms with E-state index in [0.717, 1.165) is 21.8 Å². The lowest BCUT2D eigenvalue weighted by molar-refractivity contribution is 0.677. The van der Waals surface area contributed by atoms with Crippen molar-refractivity contribution in [3.8, 4) is 0 Å². The second-order valence-corrected chi connectivity index (χ2v) is 8.28. The first-order valence-corrected chi connectivity index (χ1v) is 9.75. The molecule has 1 atom stereocenters. The van der Waals surface area contributed by atoms with Gasteiger partial charge in [0.25, 0.3) is 0 Å². The van der Waals surface area contributed by atoms with E-state index in [1.165, 1.54) is 4.88 Å². The highest BCUT2D eigenvalue weighted by Gasteiger charge is 2.22. The van der Waals surface area contributed by atoms with E-state index >= 15 is 0 Å². The molecular weight excluding hydrogens is 322 g/mol. The number of aromatic nitrogens is 1. The summed E-state index contributed by atoms with van der Waals surface area (Å²) in [6.07, 6.45) is 0. The number of hydrogen-bond donors (Lipinski definition) is 0. The SMILES string of the molecule is Cc1nc(CS(=O)C(c2ccccc2)c2ccccc2)sc1C. The van der Waals surface area contributed by atoms with Crippen molar-refractivity contribution in [2.45, 2.75) is 24.9 Å². The third kappa shape index (κ3) is 3.77. The lowest BCUT2D eigenvalue weighted by atomic mass is 10.0. The highest BCUT2D eigenvalue weighted by Crippen LogP contribution is 2.30. The van der Waals surface area contributed by atoms with Gasteiger partial charge in [0.1, 0.15) is 5.01 Å². The first kappa shape index (κ1) is 16.1. The Hall–Kier alpha value is -1.78. The zero-order chi connectivity index (χ0) is 16.2. The average Bonchev–Trinajstić information content (AvgIpc) is 2.87. The molecule has 118 valence electrons. The molecule has 2 aromatic carbocycles. The topological polar surface area (TPSA) is 30.0 Å². The van der Waals surface area contributed by atoms with E-state index in [0.29, 0.717) is 5.75 Å². The van der Waals surface area contributed by atoms with E-state index in [2.05, 4.69) is 11.9 Å². The fourth-order valence-electron chi connectivity index (χ4n) is 2.56. The van der Waals surface area contributed by atoms with Gasteiger partial charge in [-0.05, 0) is 25.0 Å². The van der Waals surface area contributed by atoms with Gasteiger partial charge >= 0.3 is 0 Å². The van der Waals surface area contributed by atoms with Gasteiger partial charge in [0.2, 0.25) is 0 Å². The second kappa shape index (κ2) is 7.20. The van der Waals surface area contributed by atoms with Crippen molar-refractivity contribution in [2.24, 2.45) is 0 Å². The number of rotatable bonds is 5. The van der Waals surface area contributed by atoms with Crippen LogP contribution in [0.3, 0.4) is 0 Å². The van der Waals surface area contributed by atoms with Gasteiger partial charge in [0.05, 0.1) is 16.7 Å². The van der Waals surface area contributed by atoms with E-state index in [4.69, 9.17) is 0 Å². The van der Waals surface area contributed by atoms with E-state index < -0.39 is 10.8 Å². The van der Waals surface area contributed by atoms with Crippen molar-refractivity contribution in [1.29, 1.82) is 0 Å². The van der Waals surface area contributed by atoms with Crippen LogP contribution in [0.25, 0.3) is 0 Å². The molecule has 0 aliphatic heterocycles. The molecule has 1 unspecified atom stereocenters. The number of benzene rings is 2. The normalized spacial score (nSPS) is 12.5. The maximum Gasteiger partial charge on any atom is 0.106 e. The summed E-state index contributed by atoms with van der Waals surface area (Å²) < 4.78 is 13.1. The molecule has 23 heavy (non-hydrogen) atoms. The zero-order valence-corrected chi connectivity index (χ0v) is 14.9. The highest BCUT2D eigenvalue weighted by atomic mass is 32.2. The second-order valence-electron chi connectivity index (χ2n) is 5.48. The van der Waals surface area contributed by atoms with Crippen molar-refractivity contribution >= 4 is 22.1 Å². The van der Waals surface area contributed by atoms with Crippen LogP contribution in [-0.2, 0) is 16.6 Å².